The number of carbonyl (C=O) groups excluding carboxylic acids is 1. The van der Waals surface area contributed by atoms with Crippen LogP contribution >= 0.6 is 0 Å². The Hall–Kier alpha value is -3.85. The summed E-state index contributed by atoms with van der Waals surface area (Å²) >= 11 is 0. The predicted octanol–water partition coefficient (Wildman–Crippen LogP) is 4.22. The first-order valence-electron chi connectivity index (χ1n) is 11.1. The summed E-state index contributed by atoms with van der Waals surface area (Å²) in [6.45, 7) is 8.19. The van der Waals surface area contributed by atoms with Crippen LogP contribution in [0.5, 0.6) is 0 Å². The Labute approximate surface area is 195 Å². The first-order chi connectivity index (χ1) is 16.0. The molecule has 2 aromatic carbocycles. The number of nitrogens with zero attached hydrogens (tertiary/aromatic N) is 4. The van der Waals surface area contributed by atoms with Crippen LogP contribution in [0.1, 0.15) is 13.8 Å². The fraction of sp³-hybridized carbons (Fsp3) is 0.292. The van der Waals surface area contributed by atoms with Gasteiger partial charge in [-0.25, -0.2) is 9.78 Å². The summed E-state index contributed by atoms with van der Waals surface area (Å²) < 4.78 is 0. The number of hydrogen-bond acceptors (Lipinski definition) is 7. The molecular formula is C24H32N8O. The normalized spacial score (nSPS) is 13.5. The van der Waals surface area contributed by atoms with Gasteiger partial charge in [0.15, 0.2) is 0 Å². The van der Waals surface area contributed by atoms with Gasteiger partial charge in [0.2, 0.25) is 5.95 Å². The highest BCUT2D eigenvalue weighted by Crippen LogP contribution is 2.21. The van der Waals surface area contributed by atoms with Gasteiger partial charge in [-0.15, -0.1) is 0 Å². The third-order valence-corrected chi connectivity index (χ3v) is 5.03. The predicted molar refractivity (Wildman–Crippen MR) is 136 cm³/mol. The van der Waals surface area contributed by atoms with Gasteiger partial charge in [0.05, 0.1) is 0 Å². The Morgan fingerprint density at radius 3 is 2.36 bits per heavy atom. The highest BCUT2D eigenvalue weighted by molar-refractivity contribution is 5.99. The number of aromatic nitrogens is 2. The molecule has 1 fully saturated rings. The number of nitrogen functional groups attached to an aromatic ring is 1. The second-order valence-corrected chi connectivity index (χ2v) is 7.43. The molecule has 2 amide bonds. The summed E-state index contributed by atoms with van der Waals surface area (Å²) in [5.74, 6) is 0.780. The largest absolute Gasteiger partial charge is 0.399 e. The number of carbonyl (C=O) groups is 1. The number of nitrogens with two attached hydrogens (primary N) is 1. The minimum absolute atomic E-state index is 0.382. The second kappa shape index (κ2) is 11.7. The SMILES string of the molecule is CC.CN1CCN(c2ccc(Nc3nccc(NC(=O)Nc4cccc(N)c4)n3)cc2)CC1. The van der Waals surface area contributed by atoms with Crippen LogP contribution in [0.15, 0.2) is 60.8 Å². The maximum atomic E-state index is 12.2. The Balaban J connectivity index is 0.00000149. The number of hydrogen-bond donors (Lipinski definition) is 4. The van der Waals surface area contributed by atoms with Gasteiger partial charge in [0, 0.05) is 55.1 Å². The van der Waals surface area contributed by atoms with Gasteiger partial charge in [-0.2, -0.15) is 4.98 Å². The van der Waals surface area contributed by atoms with Crippen LogP contribution in [0.3, 0.4) is 0 Å². The lowest BCUT2D eigenvalue weighted by Crippen LogP contribution is -2.44. The number of amides is 2. The second-order valence-electron chi connectivity index (χ2n) is 7.43. The zero-order valence-corrected chi connectivity index (χ0v) is 19.4. The molecule has 4 rings (SSSR count). The minimum Gasteiger partial charge on any atom is -0.399 e. The van der Waals surface area contributed by atoms with Gasteiger partial charge in [0.25, 0.3) is 0 Å². The number of piperazine rings is 1. The van der Waals surface area contributed by atoms with Crippen molar-refractivity contribution in [3.05, 3.63) is 60.8 Å². The van der Waals surface area contributed by atoms with Gasteiger partial charge in [-0.1, -0.05) is 19.9 Å². The van der Waals surface area contributed by atoms with Crippen molar-refractivity contribution in [2.45, 2.75) is 13.8 Å². The van der Waals surface area contributed by atoms with Gasteiger partial charge >= 0.3 is 6.03 Å². The van der Waals surface area contributed by atoms with Crippen LogP contribution in [0, 0.1) is 0 Å². The monoisotopic (exact) mass is 448 g/mol. The van der Waals surface area contributed by atoms with Crippen LogP contribution in [0.4, 0.5) is 39.3 Å². The van der Waals surface area contributed by atoms with E-state index in [9.17, 15) is 4.79 Å². The molecule has 9 heteroatoms. The van der Waals surface area contributed by atoms with E-state index in [-0.39, 0.29) is 0 Å². The standard InChI is InChI=1S/C22H26N8O.C2H6/c1-29-11-13-30(14-12-29)19-7-5-17(6-8-19)25-21-24-10-9-20(27-21)28-22(31)26-18-4-2-3-16(23)15-18;1-2/h2-10,15H,11-14,23H2,1H3,(H3,24,25,26,27,28,31);1-2H3. The number of likely N-dealkylation sites (N-methyl/N-ethyl adjacent to an activating group) is 1. The Morgan fingerprint density at radius 2 is 1.67 bits per heavy atom. The number of rotatable bonds is 5. The molecule has 0 radical (unpaired) electrons. The molecule has 174 valence electrons. The van der Waals surface area contributed by atoms with E-state index in [4.69, 9.17) is 5.73 Å². The molecule has 3 aromatic rings. The lowest BCUT2D eigenvalue weighted by molar-refractivity contribution is 0.262. The van der Waals surface area contributed by atoms with E-state index in [1.54, 1.807) is 36.5 Å². The van der Waals surface area contributed by atoms with E-state index in [1.807, 2.05) is 26.0 Å². The molecule has 1 saturated heterocycles. The van der Waals surface area contributed by atoms with E-state index < -0.39 is 6.03 Å². The molecule has 9 nitrogen and oxygen atoms in total. The quantitative estimate of drug-likeness (QED) is 0.432. The number of urea groups is 1. The molecule has 1 aliphatic rings. The van der Waals surface area contributed by atoms with Crippen molar-refractivity contribution >= 4 is 40.5 Å². The topological polar surface area (TPSA) is 111 Å². The zero-order chi connectivity index (χ0) is 23.6. The van der Waals surface area contributed by atoms with E-state index >= 15 is 0 Å². The van der Waals surface area contributed by atoms with Gasteiger partial charge in [-0.3, -0.25) is 5.32 Å². The molecule has 1 aliphatic heterocycles. The van der Waals surface area contributed by atoms with Gasteiger partial charge in [-0.05, 0) is 55.6 Å². The van der Waals surface area contributed by atoms with Crippen molar-refractivity contribution in [2.75, 3.05) is 59.8 Å². The Bertz CT molecular complexity index is 1030. The van der Waals surface area contributed by atoms with Crippen molar-refractivity contribution in [3.63, 3.8) is 0 Å². The molecule has 5 N–H and O–H groups in total. The number of benzene rings is 2. The molecule has 0 aliphatic carbocycles. The van der Waals surface area contributed by atoms with Gasteiger partial charge in [0.1, 0.15) is 5.82 Å². The van der Waals surface area contributed by atoms with Crippen LogP contribution in [0.2, 0.25) is 0 Å². The molecule has 1 aromatic heterocycles. The molecule has 0 bridgehead atoms. The van der Waals surface area contributed by atoms with Gasteiger partial charge < -0.3 is 26.2 Å². The maximum absolute atomic E-state index is 12.2. The van der Waals surface area contributed by atoms with E-state index in [2.05, 4.69) is 54.9 Å². The fourth-order valence-electron chi connectivity index (χ4n) is 3.33. The smallest absolute Gasteiger partial charge is 0.324 e. The van der Waals surface area contributed by atoms with Crippen LogP contribution in [-0.4, -0.2) is 54.1 Å². The lowest BCUT2D eigenvalue weighted by atomic mass is 10.2. The van der Waals surface area contributed by atoms with Crippen LogP contribution in [0.25, 0.3) is 0 Å². The van der Waals surface area contributed by atoms with Crippen molar-refractivity contribution < 1.29 is 4.79 Å². The summed E-state index contributed by atoms with van der Waals surface area (Å²) in [6, 6.07) is 16.4. The summed E-state index contributed by atoms with van der Waals surface area (Å²) in [7, 11) is 2.15. The lowest BCUT2D eigenvalue weighted by Gasteiger charge is -2.34. The molecule has 0 saturated carbocycles. The molecule has 0 atom stereocenters. The molecule has 33 heavy (non-hydrogen) atoms. The van der Waals surface area contributed by atoms with Crippen molar-refractivity contribution in [1.82, 2.24) is 14.9 Å². The van der Waals surface area contributed by atoms with Crippen molar-refractivity contribution in [3.8, 4) is 0 Å². The summed E-state index contributed by atoms with van der Waals surface area (Å²) in [5, 5.41) is 8.60. The average molecular weight is 449 g/mol. The number of anilines is 6. The van der Waals surface area contributed by atoms with Crippen LogP contribution in [-0.2, 0) is 0 Å². The first kappa shape index (κ1) is 23.8. The number of nitrogens with one attached hydrogen (secondary N) is 3. The zero-order valence-electron chi connectivity index (χ0n) is 19.4. The van der Waals surface area contributed by atoms with Crippen LogP contribution < -0.4 is 26.6 Å². The van der Waals surface area contributed by atoms with E-state index in [0.717, 1.165) is 31.9 Å². The minimum atomic E-state index is -0.410. The first-order valence-corrected chi connectivity index (χ1v) is 11.1. The molecule has 2 heterocycles. The summed E-state index contributed by atoms with van der Waals surface area (Å²) in [4.78, 5) is 25.5. The Kier molecular flexibility index (Phi) is 8.43. The van der Waals surface area contributed by atoms with Crippen molar-refractivity contribution in [2.24, 2.45) is 0 Å². The van der Waals surface area contributed by atoms with Crippen molar-refractivity contribution in [1.29, 1.82) is 0 Å². The molecule has 0 spiro atoms. The summed E-state index contributed by atoms with van der Waals surface area (Å²) in [5.41, 5.74) is 8.98. The van der Waals surface area contributed by atoms with E-state index in [1.165, 1.54) is 5.69 Å². The summed E-state index contributed by atoms with van der Waals surface area (Å²) in [6.07, 6.45) is 1.59. The highest BCUT2D eigenvalue weighted by atomic mass is 16.2. The third-order valence-electron chi connectivity index (χ3n) is 5.03. The van der Waals surface area contributed by atoms with E-state index in [0.29, 0.717) is 23.1 Å². The molecule has 0 unspecified atom stereocenters. The maximum Gasteiger partial charge on any atom is 0.324 e. The third kappa shape index (κ3) is 7.08. The molecular weight excluding hydrogens is 416 g/mol. The fourth-order valence-corrected chi connectivity index (χ4v) is 3.33. The average Bonchev–Trinajstić information content (AvgIpc) is 2.82. The Morgan fingerprint density at radius 1 is 0.939 bits per heavy atom. The highest BCUT2D eigenvalue weighted by Gasteiger charge is 2.14.